The van der Waals surface area contributed by atoms with Crippen molar-refractivity contribution in [3.05, 3.63) is 39.4 Å². The van der Waals surface area contributed by atoms with Gasteiger partial charge >= 0.3 is 0 Å². The predicted octanol–water partition coefficient (Wildman–Crippen LogP) is 3.59. The smallest absolute Gasteiger partial charge is 0.270 e. The topological polar surface area (TPSA) is 72.2 Å². The first-order valence-electron chi connectivity index (χ1n) is 6.46. The zero-order valence-electron chi connectivity index (χ0n) is 11.9. The van der Waals surface area contributed by atoms with E-state index in [0.717, 1.165) is 18.2 Å². The SMILES string of the molecule is CCC(C)(CCBr)NC(=O)c1cc(C)cc([N+](=O)[O-])c1. The summed E-state index contributed by atoms with van der Waals surface area (Å²) >= 11 is 3.37. The number of alkyl halides is 1. The number of hydrogen-bond donors (Lipinski definition) is 1. The number of rotatable bonds is 6. The summed E-state index contributed by atoms with van der Waals surface area (Å²) in [5, 5.41) is 14.6. The second-order valence-electron chi connectivity index (χ2n) is 5.12. The quantitative estimate of drug-likeness (QED) is 0.487. The summed E-state index contributed by atoms with van der Waals surface area (Å²) in [6.07, 6.45) is 1.58. The molecular formula is C14H19BrN2O3. The van der Waals surface area contributed by atoms with E-state index in [9.17, 15) is 14.9 Å². The summed E-state index contributed by atoms with van der Waals surface area (Å²) in [7, 11) is 0. The summed E-state index contributed by atoms with van der Waals surface area (Å²) in [4.78, 5) is 22.6. The molecule has 1 atom stereocenters. The lowest BCUT2D eigenvalue weighted by Crippen LogP contribution is -2.45. The van der Waals surface area contributed by atoms with Gasteiger partial charge in [0, 0.05) is 28.6 Å². The van der Waals surface area contributed by atoms with Crippen LogP contribution in [-0.2, 0) is 0 Å². The Morgan fingerprint density at radius 1 is 1.45 bits per heavy atom. The van der Waals surface area contributed by atoms with Gasteiger partial charge in [-0.25, -0.2) is 0 Å². The standard InChI is InChI=1S/C14H19BrN2O3/c1-4-14(3,5-6-15)16-13(18)11-7-10(2)8-12(9-11)17(19)20/h7-9H,4-6H2,1-3H3,(H,16,18). The number of carbonyl (C=O) groups excluding carboxylic acids is 1. The van der Waals surface area contributed by atoms with Crippen molar-refractivity contribution < 1.29 is 9.72 Å². The minimum atomic E-state index is -0.485. The molecule has 0 aliphatic heterocycles. The van der Waals surface area contributed by atoms with Crippen molar-refractivity contribution >= 4 is 27.5 Å². The summed E-state index contributed by atoms with van der Waals surface area (Å²) in [6.45, 7) is 5.71. The Morgan fingerprint density at radius 2 is 2.10 bits per heavy atom. The van der Waals surface area contributed by atoms with Crippen molar-refractivity contribution in [2.45, 2.75) is 39.2 Å². The molecule has 1 aromatic carbocycles. The lowest BCUT2D eigenvalue weighted by atomic mass is 9.95. The molecule has 6 heteroatoms. The van der Waals surface area contributed by atoms with E-state index in [1.165, 1.54) is 12.1 Å². The molecule has 0 bridgehead atoms. The summed E-state index contributed by atoms with van der Waals surface area (Å²) in [5.41, 5.74) is 0.641. The van der Waals surface area contributed by atoms with Crippen molar-refractivity contribution in [1.29, 1.82) is 0 Å². The maximum atomic E-state index is 12.3. The first-order valence-corrected chi connectivity index (χ1v) is 7.58. The minimum Gasteiger partial charge on any atom is -0.347 e. The number of non-ortho nitro benzene ring substituents is 1. The Labute approximate surface area is 127 Å². The highest BCUT2D eigenvalue weighted by molar-refractivity contribution is 9.09. The molecule has 0 saturated heterocycles. The normalized spacial score (nSPS) is 13.6. The van der Waals surface area contributed by atoms with E-state index < -0.39 is 4.92 Å². The fraction of sp³-hybridized carbons (Fsp3) is 0.500. The molecule has 110 valence electrons. The average molecular weight is 343 g/mol. The van der Waals surface area contributed by atoms with Crippen molar-refractivity contribution in [3.63, 3.8) is 0 Å². The van der Waals surface area contributed by atoms with Crippen molar-refractivity contribution in [2.24, 2.45) is 0 Å². The summed E-state index contributed by atoms with van der Waals surface area (Å²) in [5.74, 6) is -0.276. The lowest BCUT2D eigenvalue weighted by Gasteiger charge is -2.29. The highest BCUT2D eigenvalue weighted by Gasteiger charge is 2.25. The molecule has 0 aromatic heterocycles. The van der Waals surface area contributed by atoms with Crippen LogP contribution in [0.3, 0.4) is 0 Å². The fourth-order valence-corrected chi connectivity index (χ4v) is 2.76. The van der Waals surface area contributed by atoms with E-state index >= 15 is 0 Å². The highest BCUT2D eigenvalue weighted by atomic mass is 79.9. The molecule has 1 amide bonds. The molecule has 1 rings (SSSR count). The maximum Gasteiger partial charge on any atom is 0.270 e. The van der Waals surface area contributed by atoms with Gasteiger partial charge < -0.3 is 5.32 Å². The van der Waals surface area contributed by atoms with Crippen LogP contribution in [0.25, 0.3) is 0 Å². The van der Waals surface area contributed by atoms with Gasteiger partial charge in [0.25, 0.3) is 11.6 Å². The van der Waals surface area contributed by atoms with Gasteiger partial charge in [0.1, 0.15) is 0 Å². The molecule has 0 radical (unpaired) electrons. The molecular weight excluding hydrogens is 324 g/mol. The first kappa shape index (κ1) is 16.6. The number of nitrogens with one attached hydrogen (secondary N) is 1. The third-order valence-corrected chi connectivity index (χ3v) is 3.77. The first-order chi connectivity index (χ1) is 9.31. The molecule has 1 aromatic rings. The molecule has 5 nitrogen and oxygen atoms in total. The molecule has 0 fully saturated rings. The third kappa shape index (κ3) is 4.30. The molecule has 0 aliphatic rings. The maximum absolute atomic E-state index is 12.3. The molecule has 0 saturated carbocycles. The van der Waals surface area contributed by atoms with Crippen LogP contribution in [0.15, 0.2) is 18.2 Å². The number of carbonyl (C=O) groups is 1. The number of nitrogens with zero attached hydrogens (tertiary/aromatic N) is 1. The fourth-order valence-electron chi connectivity index (χ4n) is 1.88. The van der Waals surface area contributed by atoms with Crippen LogP contribution in [0.1, 0.15) is 42.6 Å². The molecule has 1 N–H and O–H groups in total. The Hall–Kier alpha value is -1.43. The molecule has 0 heterocycles. The monoisotopic (exact) mass is 342 g/mol. The van der Waals surface area contributed by atoms with Gasteiger partial charge in [-0.3, -0.25) is 14.9 Å². The Balaban J connectivity index is 3.00. The predicted molar refractivity (Wildman–Crippen MR) is 82.4 cm³/mol. The van der Waals surface area contributed by atoms with Crippen molar-refractivity contribution in [3.8, 4) is 0 Å². The van der Waals surface area contributed by atoms with Crippen LogP contribution in [0.4, 0.5) is 5.69 Å². The number of amides is 1. The summed E-state index contributed by atoms with van der Waals surface area (Å²) in [6, 6.07) is 4.42. The Bertz CT molecular complexity index is 519. The van der Waals surface area contributed by atoms with Gasteiger partial charge in [-0.15, -0.1) is 0 Å². The van der Waals surface area contributed by atoms with E-state index in [1.807, 2.05) is 13.8 Å². The van der Waals surface area contributed by atoms with E-state index in [2.05, 4.69) is 21.2 Å². The van der Waals surface area contributed by atoms with Gasteiger partial charge in [-0.1, -0.05) is 22.9 Å². The summed E-state index contributed by atoms with van der Waals surface area (Å²) < 4.78 is 0. The van der Waals surface area contributed by atoms with Crippen molar-refractivity contribution in [2.75, 3.05) is 5.33 Å². The third-order valence-electron chi connectivity index (χ3n) is 3.38. The van der Waals surface area contributed by atoms with Crippen LogP contribution in [-0.4, -0.2) is 21.7 Å². The molecule has 0 spiro atoms. The Kier molecular flexibility index (Phi) is 5.68. The van der Waals surface area contributed by atoms with Gasteiger partial charge in [-0.05, 0) is 38.3 Å². The number of benzene rings is 1. The van der Waals surface area contributed by atoms with Crippen LogP contribution < -0.4 is 5.32 Å². The number of aryl methyl sites for hydroxylation is 1. The van der Waals surface area contributed by atoms with Crippen LogP contribution in [0.5, 0.6) is 0 Å². The number of hydrogen-bond acceptors (Lipinski definition) is 3. The highest BCUT2D eigenvalue weighted by Crippen LogP contribution is 2.20. The van der Waals surface area contributed by atoms with Gasteiger partial charge in [0.05, 0.1) is 4.92 Å². The molecule has 0 aliphatic carbocycles. The second kappa shape index (κ2) is 6.83. The zero-order valence-corrected chi connectivity index (χ0v) is 13.5. The second-order valence-corrected chi connectivity index (χ2v) is 5.91. The van der Waals surface area contributed by atoms with E-state index in [1.54, 1.807) is 13.0 Å². The van der Waals surface area contributed by atoms with E-state index in [4.69, 9.17) is 0 Å². The minimum absolute atomic E-state index is 0.0613. The molecule has 20 heavy (non-hydrogen) atoms. The van der Waals surface area contributed by atoms with Crippen LogP contribution in [0, 0.1) is 17.0 Å². The Morgan fingerprint density at radius 3 is 2.60 bits per heavy atom. The zero-order chi connectivity index (χ0) is 15.3. The van der Waals surface area contributed by atoms with Gasteiger partial charge in [0.2, 0.25) is 0 Å². The van der Waals surface area contributed by atoms with Gasteiger partial charge in [0.15, 0.2) is 0 Å². The van der Waals surface area contributed by atoms with Crippen LogP contribution in [0.2, 0.25) is 0 Å². The van der Waals surface area contributed by atoms with Crippen molar-refractivity contribution in [1.82, 2.24) is 5.32 Å². The van der Waals surface area contributed by atoms with Gasteiger partial charge in [-0.2, -0.15) is 0 Å². The molecule has 1 unspecified atom stereocenters. The van der Waals surface area contributed by atoms with E-state index in [0.29, 0.717) is 11.1 Å². The average Bonchev–Trinajstić information content (AvgIpc) is 2.38. The lowest BCUT2D eigenvalue weighted by molar-refractivity contribution is -0.384. The largest absolute Gasteiger partial charge is 0.347 e. The number of halogens is 1. The number of nitro benzene ring substituents is 1. The van der Waals surface area contributed by atoms with Crippen LogP contribution >= 0.6 is 15.9 Å². The van der Waals surface area contributed by atoms with E-state index in [-0.39, 0.29) is 17.1 Å². The number of nitro groups is 1.